The Balaban J connectivity index is 2.08. The molecular formula is C13H14ClN3O2. The van der Waals surface area contributed by atoms with Gasteiger partial charge in [-0.05, 0) is 31.1 Å². The number of carbonyl (C=O) groups is 1. The number of fused-ring (bicyclic) bond motifs is 1. The van der Waals surface area contributed by atoms with E-state index in [4.69, 9.17) is 16.3 Å². The molecule has 1 saturated heterocycles. The largest absolute Gasteiger partial charge is 0.464 e. The molecule has 0 atom stereocenters. The summed E-state index contributed by atoms with van der Waals surface area (Å²) in [6.45, 7) is 1.98. The van der Waals surface area contributed by atoms with Crippen LogP contribution in [0.25, 0.3) is 5.52 Å². The predicted molar refractivity (Wildman–Crippen MR) is 71.6 cm³/mol. The van der Waals surface area contributed by atoms with Gasteiger partial charge in [-0.3, -0.25) is 0 Å². The van der Waals surface area contributed by atoms with Crippen LogP contribution in [-0.4, -0.2) is 35.6 Å². The van der Waals surface area contributed by atoms with Crippen LogP contribution in [0.3, 0.4) is 0 Å². The van der Waals surface area contributed by atoms with Crippen molar-refractivity contribution in [3.63, 3.8) is 0 Å². The molecule has 0 unspecified atom stereocenters. The molecule has 0 aliphatic carbocycles. The number of hydrogen-bond acceptors (Lipinski definition) is 4. The third-order valence-electron chi connectivity index (χ3n) is 3.39. The molecule has 0 radical (unpaired) electrons. The summed E-state index contributed by atoms with van der Waals surface area (Å²) in [6.07, 6.45) is 2.61. The summed E-state index contributed by atoms with van der Waals surface area (Å²) < 4.78 is 6.65. The highest BCUT2D eigenvalue weighted by Gasteiger charge is 2.23. The topological polar surface area (TPSA) is 55.6 Å². The maximum atomic E-state index is 11.8. The van der Waals surface area contributed by atoms with E-state index in [2.05, 4.69) is 10.3 Å². The van der Waals surface area contributed by atoms with Gasteiger partial charge in [0.2, 0.25) is 0 Å². The van der Waals surface area contributed by atoms with Gasteiger partial charge >= 0.3 is 5.97 Å². The zero-order valence-corrected chi connectivity index (χ0v) is 11.3. The van der Waals surface area contributed by atoms with Gasteiger partial charge in [-0.1, -0.05) is 11.6 Å². The number of imidazole rings is 1. The summed E-state index contributed by atoms with van der Waals surface area (Å²) in [5.74, 6) is 0.997. The minimum atomic E-state index is -0.419. The molecule has 0 bridgehead atoms. The van der Waals surface area contributed by atoms with Crippen LogP contribution in [0, 0.1) is 5.92 Å². The van der Waals surface area contributed by atoms with Gasteiger partial charge in [-0.15, -0.1) is 0 Å². The van der Waals surface area contributed by atoms with Crippen LogP contribution in [0.1, 0.15) is 16.3 Å². The molecule has 5 nitrogen and oxygen atoms in total. The van der Waals surface area contributed by atoms with E-state index in [1.807, 2.05) is 4.40 Å². The first-order valence-electron chi connectivity index (χ1n) is 6.14. The van der Waals surface area contributed by atoms with Gasteiger partial charge in [0.15, 0.2) is 5.69 Å². The van der Waals surface area contributed by atoms with Gasteiger partial charge in [-0.25, -0.2) is 9.78 Å². The number of carbonyl (C=O) groups excluding carboxylic acids is 1. The molecule has 1 aliphatic heterocycles. The Morgan fingerprint density at radius 1 is 1.58 bits per heavy atom. The van der Waals surface area contributed by atoms with Crippen molar-refractivity contribution >= 4 is 23.1 Å². The molecule has 2 aromatic rings. The molecule has 0 saturated carbocycles. The molecule has 100 valence electrons. The quantitative estimate of drug-likeness (QED) is 0.866. The number of halogens is 1. The highest BCUT2D eigenvalue weighted by molar-refractivity contribution is 6.30. The lowest BCUT2D eigenvalue weighted by molar-refractivity contribution is 0.0596. The molecule has 0 spiro atoms. The summed E-state index contributed by atoms with van der Waals surface area (Å²) in [6, 6.07) is 3.55. The van der Waals surface area contributed by atoms with Crippen LogP contribution in [0.4, 0.5) is 0 Å². The number of nitrogens with zero attached hydrogens (tertiary/aromatic N) is 2. The average Bonchev–Trinajstić information content (AvgIpc) is 2.71. The highest BCUT2D eigenvalue weighted by atomic mass is 35.5. The van der Waals surface area contributed by atoms with E-state index in [1.54, 1.807) is 18.3 Å². The summed E-state index contributed by atoms with van der Waals surface area (Å²) in [7, 11) is 1.36. The average molecular weight is 280 g/mol. The van der Waals surface area contributed by atoms with Crippen molar-refractivity contribution in [3.8, 4) is 0 Å². The summed E-state index contributed by atoms with van der Waals surface area (Å²) in [4.78, 5) is 16.2. The molecule has 1 fully saturated rings. The maximum Gasteiger partial charge on any atom is 0.358 e. The van der Waals surface area contributed by atoms with Crippen LogP contribution in [-0.2, 0) is 11.2 Å². The normalized spacial score (nSPS) is 15.5. The predicted octanol–water partition coefficient (Wildman–Crippen LogP) is 1.54. The Morgan fingerprint density at radius 2 is 2.37 bits per heavy atom. The minimum absolute atomic E-state index is 0.349. The van der Waals surface area contributed by atoms with E-state index in [0.29, 0.717) is 16.6 Å². The van der Waals surface area contributed by atoms with Gasteiger partial charge in [0.05, 0.1) is 17.6 Å². The Hall–Kier alpha value is -1.59. The van der Waals surface area contributed by atoms with E-state index in [-0.39, 0.29) is 0 Å². The number of aromatic nitrogens is 2. The molecular weight excluding hydrogens is 266 g/mol. The molecule has 1 N–H and O–H groups in total. The minimum Gasteiger partial charge on any atom is -0.464 e. The van der Waals surface area contributed by atoms with E-state index in [1.165, 1.54) is 7.11 Å². The van der Waals surface area contributed by atoms with Gasteiger partial charge in [-0.2, -0.15) is 0 Å². The van der Waals surface area contributed by atoms with Crippen molar-refractivity contribution in [1.29, 1.82) is 0 Å². The van der Waals surface area contributed by atoms with Crippen molar-refractivity contribution in [1.82, 2.24) is 14.7 Å². The lowest BCUT2D eigenvalue weighted by Crippen LogP contribution is -2.43. The molecule has 1 aliphatic rings. The number of ether oxygens (including phenoxy) is 1. The van der Waals surface area contributed by atoms with Crippen LogP contribution in [0.2, 0.25) is 5.02 Å². The van der Waals surface area contributed by atoms with Gasteiger partial charge in [0, 0.05) is 12.6 Å². The van der Waals surface area contributed by atoms with E-state index in [0.717, 1.165) is 30.9 Å². The van der Waals surface area contributed by atoms with Crippen molar-refractivity contribution in [3.05, 3.63) is 34.9 Å². The smallest absolute Gasteiger partial charge is 0.358 e. The van der Waals surface area contributed by atoms with Crippen LogP contribution >= 0.6 is 11.6 Å². The SMILES string of the molecule is COC(=O)c1nc(CC2CNC2)n2cc(Cl)ccc12. The standard InChI is InChI=1S/C13H14ClN3O2/c1-19-13(18)12-10-3-2-9(14)7-17(10)11(16-12)4-8-5-15-6-8/h2-3,7-8,15H,4-6H2,1H3. The number of hydrogen-bond donors (Lipinski definition) is 1. The second-order valence-electron chi connectivity index (χ2n) is 4.70. The fourth-order valence-corrected chi connectivity index (χ4v) is 2.42. The summed E-state index contributed by atoms with van der Waals surface area (Å²) >= 11 is 6.02. The number of nitrogens with one attached hydrogen (secondary N) is 1. The zero-order chi connectivity index (χ0) is 13.4. The van der Waals surface area contributed by atoms with Gasteiger partial charge < -0.3 is 14.5 Å². The Morgan fingerprint density at radius 3 is 3.00 bits per heavy atom. The zero-order valence-electron chi connectivity index (χ0n) is 10.5. The molecule has 3 heterocycles. The Labute approximate surface area is 115 Å². The second-order valence-corrected chi connectivity index (χ2v) is 5.14. The summed E-state index contributed by atoms with van der Waals surface area (Å²) in [5.41, 5.74) is 1.08. The first-order valence-corrected chi connectivity index (χ1v) is 6.52. The van der Waals surface area contributed by atoms with Crippen molar-refractivity contribution in [2.24, 2.45) is 5.92 Å². The number of esters is 1. The monoisotopic (exact) mass is 279 g/mol. The molecule has 2 aromatic heterocycles. The first kappa shape index (κ1) is 12.4. The van der Waals surface area contributed by atoms with Crippen LogP contribution in [0.15, 0.2) is 18.3 Å². The number of pyridine rings is 1. The molecule has 0 aromatic carbocycles. The fraction of sp³-hybridized carbons (Fsp3) is 0.385. The summed E-state index contributed by atoms with van der Waals surface area (Å²) in [5, 5.41) is 3.85. The van der Waals surface area contributed by atoms with E-state index < -0.39 is 5.97 Å². The van der Waals surface area contributed by atoms with E-state index in [9.17, 15) is 4.79 Å². The Kier molecular flexibility index (Phi) is 3.16. The highest BCUT2D eigenvalue weighted by Crippen LogP contribution is 2.21. The van der Waals surface area contributed by atoms with E-state index >= 15 is 0 Å². The van der Waals surface area contributed by atoms with Gasteiger partial charge in [0.25, 0.3) is 0 Å². The maximum absolute atomic E-state index is 11.8. The second kappa shape index (κ2) is 4.83. The number of methoxy groups -OCH3 is 1. The number of rotatable bonds is 3. The Bertz CT molecular complexity index is 634. The molecule has 6 heteroatoms. The first-order chi connectivity index (χ1) is 9.19. The lowest BCUT2D eigenvalue weighted by atomic mass is 9.99. The molecule has 3 rings (SSSR count). The lowest BCUT2D eigenvalue weighted by Gasteiger charge is -2.26. The third kappa shape index (κ3) is 2.19. The van der Waals surface area contributed by atoms with Crippen LogP contribution < -0.4 is 5.32 Å². The van der Waals surface area contributed by atoms with Gasteiger partial charge in [0.1, 0.15) is 5.82 Å². The molecule has 0 amide bonds. The van der Waals surface area contributed by atoms with Crippen LogP contribution in [0.5, 0.6) is 0 Å². The van der Waals surface area contributed by atoms with Crippen molar-refractivity contribution in [2.45, 2.75) is 6.42 Å². The fourth-order valence-electron chi connectivity index (χ4n) is 2.26. The van der Waals surface area contributed by atoms with Crippen molar-refractivity contribution in [2.75, 3.05) is 20.2 Å². The third-order valence-corrected chi connectivity index (χ3v) is 3.61. The molecule has 19 heavy (non-hydrogen) atoms. The van der Waals surface area contributed by atoms with Crippen molar-refractivity contribution < 1.29 is 9.53 Å².